The minimum absolute atomic E-state index is 0.0105. The maximum atomic E-state index is 14.2. The third-order valence-electron chi connectivity index (χ3n) is 12.5. The number of ether oxygens (including phenoxy) is 3. The van der Waals surface area contributed by atoms with Gasteiger partial charge in [0.15, 0.2) is 5.78 Å². The first kappa shape index (κ1) is 60.7. The highest BCUT2D eigenvalue weighted by Crippen LogP contribution is 2.43. The Morgan fingerprint density at radius 2 is 1.24 bits per heavy atom. The molecule has 0 spiro atoms. The molecule has 17 nitrogen and oxygen atoms in total. The summed E-state index contributed by atoms with van der Waals surface area (Å²) in [6.45, 7) is 12.7. The van der Waals surface area contributed by atoms with Crippen molar-refractivity contribution >= 4 is 40.7 Å². The molecule has 3 heterocycles. The summed E-state index contributed by atoms with van der Waals surface area (Å²) in [7, 11) is 2.82. The highest BCUT2D eigenvalue weighted by Gasteiger charge is 2.42. The van der Waals surface area contributed by atoms with E-state index >= 15 is 0 Å². The maximum absolute atomic E-state index is 14.2. The van der Waals surface area contributed by atoms with E-state index < -0.39 is 70.6 Å². The number of rotatable bonds is 22. The van der Waals surface area contributed by atoms with Crippen molar-refractivity contribution in [3.8, 4) is 34.5 Å². The molecule has 0 radical (unpaired) electrons. The SMILES string of the molecule is COc1nccc(-c2c(C(=O)Nc3ccccc3)c(C(C)C)n(CC[C@@H](O)C[C@@H](O)CC(=O)OC(C)(C)C)c2-c2ccc(F)cc2)n1.COc1nccc(C(C(=O)c2ccc(F)cc2)C(C(=O)Nc2ccccc2)C(=O)C(C)C)n1. The second kappa shape index (κ2) is 27.9. The molecular formula is C61H67F2N7O10. The molecule has 7 aromatic rings. The Kier molecular flexibility index (Phi) is 21.1. The number of methoxy groups -OCH3 is 2. The molecule has 3 aromatic heterocycles. The van der Waals surface area contributed by atoms with E-state index in [0.29, 0.717) is 45.1 Å². The fraction of sp³-hybridized carbons (Fsp3) is 0.328. The van der Waals surface area contributed by atoms with Crippen molar-refractivity contribution in [1.29, 1.82) is 0 Å². The molecule has 80 heavy (non-hydrogen) atoms. The topological polar surface area (TPSA) is 234 Å². The highest BCUT2D eigenvalue weighted by atomic mass is 19.1. The van der Waals surface area contributed by atoms with Crippen LogP contribution in [0.3, 0.4) is 0 Å². The van der Waals surface area contributed by atoms with Crippen LogP contribution >= 0.6 is 0 Å². The van der Waals surface area contributed by atoms with Gasteiger partial charge in [0.05, 0.1) is 61.4 Å². The highest BCUT2D eigenvalue weighted by molar-refractivity contribution is 6.15. The molecule has 4 aromatic carbocycles. The smallest absolute Gasteiger partial charge is 0.316 e. The van der Waals surface area contributed by atoms with E-state index in [9.17, 15) is 43.0 Å². The number of anilines is 2. The van der Waals surface area contributed by atoms with Crippen LogP contribution in [0.15, 0.2) is 134 Å². The Hall–Kier alpha value is -8.55. The molecule has 2 unspecified atom stereocenters. The number of halogens is 2. The number of hydrogen-bond donors (Lipinski definition) is 4. The third-order valence-corrected chi connectivity index (χ3v) is 12.5. The van der Waals surface area contributed by atoms with Crippen molar-refractivity contribution in [3.05, 3.63) is 168 Å². The second-order valence-corrected chi connectivity index (χ2v) is 20.4. The third kappa shape index (κ3) is 16.3. The summed E-state index contributed by atoms with van der Waals surface area (Å²) < 4.78 is 45.3. The van der Waals surface area contributed by atoms with Crippen LogP contribution in [0.5, 0.6) is 12.0 Å². The van der Waals surface area contributed by atoms with Crippen molar-refractivity contribution in [2.45, 2.75) is 104 Å². The molecule has 0 bridgehead atoms. The molecule has 0 saturated heterocycles. The number of aliphatic hydroxyl groups is 2. The van der Waals surface area contributed by atoms with Crippen LogP contribution in [0, 0.1) is 23.5 Å². The number of nitrogens with zero attached hydrogens (tertiary/aromatic N) is 5. The number of ketones is 2. The number of aliphatic hydroxyl groups excluding tert-OH is 2. The molecular weight excluding hydrogens is 1030 g/mol. The molecule has 0 aliphatic rings. The summed E-state index contributed by atoms with van der Waals surface area (Å²) in [5.74, 6) is -6.85. The lowest BCUT2D eigenvalue weighted by molar-refractivity contribution is -0.157. The normalized spacial score (nSPS) is 12.8. The van der Waals surface area contributed by atoms with Crippen LogP contribution in [-0.2, 0) is 25.7 Å². The molecule has 0 aliphatic heterocycles. The lowest BCUT2D eigenvalue weighted by atomic mass is 9.77. The van der Waals surface area contributed by atoms with E-state index in [1.54, 1.807) is 95.3 Å². The van der Waals surface area contributed by atoms with Gasteiger partial charge < -0.3 is 39.6 Å². The summed E-state index contributed by atoms with van der Waals surface area (Å²) in [5, 5.41) is 27.3. The molecule has 0 fully saturated rings. The van der Waals surface area contributed by atoms with Crippen molar-refractivity contribution in [3.63, 3.8) is 0 Å². The van der Waals surface area contributed by atoms with E-state index in [1.807, 2.05) is 36.6 Å². The lowest BCUT2D eigenvalue weighted by Gasteiger charge is -2.26. The van der Waals surface area contributed by atoms with Gasteiger partial charge in [-0.2, -0.15) is 9.97 Å². The van der Waals surface area contributed by atoms with Gasteiger partial charge in [-0.1, -0.05) is 64.1 Å². The number of hydrogen-bond acceptors (Lipinski definition) is 14. The summed E-state index contributed by atoms with van der Waals surface area (Å²) in [5.41, 5.74) is 3.86. The van der Waals surface area contributed by atoms with E-state index in [1.165, 1.54) is 56.9 Å². The van der Waals surface area contributed by atoms with Gasteiger partial charge in [0.2, 0.25) is 5.91 Å². The second-order valence-electron chi connectivity index (χ2n) is 20.4. The van der Waals surface area contributed by atoms with Gasteiger partial charge in [0.25, 0.3) is 5.91 Å². The molecule has 0 aliphatic carbocycles. The van der Waals surface area contributed by atoms with Gasteiger partial charge in [-0.15, -0.1) is 0 Å². The number of carbonyl (C=O) groups is 5. The zero-order valence-corrected chi connectivity index (χ0v) is 46.1. The van der Waals surface area contributed by atoms with Crippen LogP contribution in [0.4, 0.5) is 20.2 Å². The standard InChI is InChI=1S/C36H43FN4O6.C25H24FN3O4/c1-22(2)32-31(34(45)39-25-10-8-7-9-11-25)30(28-16-18-38-35(40-28)46-6)33(23-12-14-24(37)15-13-23)41(32)19-17-26(42)20-27(43)21-29(44)47-36(3,4)5;1-15(2)22(30)21(24(32)28-18-7-5-4-6-8-18)20(19-13-14-27-25(29-19)33-3)23(31)16-9-11-17(26)12-10-16/h7-16,18,22,26-27,42-43H,17,19-21H2,1-6H3,(H,39,45);4-15,20-21H,1-3H3,(H,28,32)/t26-,27-;/m1./s1. The van der Waals surface area contributed by atoms with Crippen molar-refractivity contribution in [2.75, 3.05) is 24.9 Å². The van der Waals surface area contributed by atoms with Crippen LogP contribution in [0.2, 0.25) is 0 Å². The number of esters is 1. The Balaban J connectivity index is 0.000000274. The Bertz CT molecular complexity index is 3220. The summed E-state index contributed by atoms with van der Waals surface area (Å²) >= 11 is 0. The summed E-state index contributed by atoms with van der Waals surface area (Å²) in [6, 6.07) is 31.8. The number of carbonyl (C=O) groups excluding carboxylic acids is 5. The minimum atomic E-state index is -1.39. The molecule has 2 amide bonds. The van der Waals surface area contributed by atoms with Crippen LogP contribution in [0.1, 0.15) is 112 Å². The van der Waals surface area contributed by atoms with Gasteiger partial charge in [0.1, 0.15) is 28.9 Å². The Morgan fingerprint density at radius 3 is 1.79 bits per heavy atom. The lowest BCUT2D eigenvalue weighted by Crippen LogP contribution is -2.40. The van der Waals surface area contributed by atoms with Gasteiger partial charge in [0, 0.05) is 53.1 Å². The maximum Gasteiger partial charge on any atom is 0.316 e. The van der Waals surface area contributed by atoms with Crippen molar-refractivity contribution in [2.24, 2.45) is 11.8 Å². The zero-order valence-electron chi connectivity index (χ0n) is 46.1. The van der Waals surface area contributed by atoms with E-state index in [-0.39, 0.29) is 60.9 Å². The predicted molar refractivity (Wildman–Crippen MR) is 298 cm³/mol. The summed E-state index contributed by atoms with van der Waals surface area (Å²) in [6.07, 6.45) is 0.705. The molecule has 19 heteroatoms. The minimum Gasteiger partial charge on any atom is -0.467 e. The largest absolute Gasteiger partial charge is 0.467 e. The average Bonchev–Trinajstić information content (AvgIpc) is 4.05. The van der Waals surface area contributed by atoms with Crippen molar-refractivity contribution in [1.82, 2.24) is 24.5 Å². The average molecular weight is 1100 g/mol. The van der Waals surface area contributed by atoms with E-state index in [4.69, 9.17) is 14.2 Å². The van der Waals surface area contributed by atoms with Gasteiger partial charge in [-0.3, -0.25) is 24.0 Å². The Labute approximate surface area is 463 Å². The molecule has 4 N–H and O–H groups in total. The number of para-hydroxylation sites is 2. The number of Topliss-reactive ketones (excluding diaryl/α,β-unsaturated/α-hetero) is 2. The number of nitrogens with one attached hydrogen (secondary N) is 2. The summed E-state index contributed by atoms with van der Waals surface area (Å²) in [4.78, 5) is 83.7. The van der Waals surface area contributed by atoms with Crippen molar-refractivity contribution < 1.29 is 57.2 Å². The van der Waals surface area contributed by atoms with Gasteiger partial charge in [-0.25, -0.2) is 18.7 Å². The molecule has 4 atom stereocenters. The molecule has 420 valence electrons. The van der Waals surface area contributed by atoms with Crippen LogP contribution < -0.4 is 20.1 Å². The molecule has 7 rings (SSSR count). The number of amides is 2. The van der Waals surface area contributed by atoms with Gasteiger partial charge in [-0.05, 0) is 130 Å². The first-order valence-electron chi connectivity index (χ1n) is 26.0. The first-order valence-corrected chi connectivity index (χ1v) is 26.0. The van der Waals surface area contributed by atoms with E-state index in [0.717, 1.165) is 12.1 Å². The van der Waals surface area contributed by atoms with Crippen LogP contribution in [-0.4, -0.2) is 96.1 Å². The van der Waals surface area contributed by atoms with Crippen LogP contribution in [0.25, 0.3) is 22.5 Å². The fourth-order valence-corrected chi connectivity index (χ4v) is 8.94. The number of aromatic nitrogens is 5. The quantitative estimate of drug-likeness (QED) is 0.0281. The Morgan fingerprint density at radius 1 is 0.688 bits per heavy atom. The van der Waals surface area contributed by atoms with Gasteiger partial charge >= 0.3 is 18.0 Å². The number of benzene rings is 4. The zero-order chi connectivity index (χ0) is 58.3. The monoisotopic (exact) mass is 1100 g/mol. The first-order chi connectivity index (χ1) is 38.1. The predicted octanol–water partition coefficient (Wildman–Crippen LogP) is 10.4. The fourth-order valence-electron chi connectivity index (χ4n) is 8.94. The molecule has 0 saturated carbocycles. The van der Waals surface area contributed by atoms with E-state index in [2.05, 4.69) is 30.6 Å².